The van der Waals surface area contributed by atoms with E-state index in [2.05, 4.69) is 0 Å². The van der Waals surface area contributed by atoms with E-state index in [9.17, 15) is 4.79 Å². The van der Waals surface area contributed by atoms with E-state index in [0.717, 1.165) is 24.4 Å². The van der Waals surface area contributed by atoms with Gasteiger partial charge in [0.2, 0.25) is 5.91 Å². The van der Waals surface area contributed by atoms with E-state index in [1.807, 2.05) is 22.4 Å². The standard InChI is InChI=1S/C11H16N2OS.ClH/c12-7-9-3-4-13(8-9)11(14)6-10-2-1-5-15-10;/h1-2,5,9H,3-4,6-8,12H2;1H. The first-order chi connectivity index (χ1) is 7.29. The fourth-order valence-corrected chi connectivity index (χ4v) is 2.62. The molecule has 1 unspecified atom stereocenters. The van der Waals surface area contributed by atoms with Crippen molar-refractivity contribution in [1.29, 1.82) is 0 Å². The van der Waals surface area contributed by atoms with Gasteiger partial charge in [-0.05, 0) is 30.3 Å². The molecule has 1 aliphatic rings. The Bertz CT molecular complexity index is 329. The first-order valence-electron chi connectivity index (χ1n) is 5.30. The van der Waals surface area contributed by atoms with Gasteiger partial charge in [-0.2, -0.15) is 0 Å². The quantitative estimate of drug-likeness (QED) is 0.896. The third-order valence-corrected chi connectivity index (χ3v) is 3.75. The third kappa shape index (κ3) is 3.20. The van der Waals surface area contributed by atoms with Crippen LogP contribution in [-0.4, -0.2) is 30.4 Å². The molecule has 1 aromatic heterocycles. The molecular weight excluding hydrogens is 244 g/mol. The second kappa shape index (κ2) is 6.23. The lowest BCUT2D eigenvalue weighted by molar-refractivity contribution is -0.129. The molecule has 0 bridgehead atoms. The van der Waals surface area contributed by atoms with E-state index in [-0.39, 0.29) is 18.3 Å². The molecule has 1 aromatic rings. The number of amides is 1. The minimum atomic E-state index is 0. The van der Waals surface area contributed by atoms with Crippen LogP contribution in [0.25, 0.3) is 0 Å². The molecule has 90 valence electrons. The van der Waals surface area contributed by atoms with Gasteiger partial charge in [-0.1, -0.05) is 6.07 Å². The van der Waals surface area contributed by atoms with Crippen LogP contribution in [0.5, 0.6) is 0 Å². The van der Waals surface area contributed by atoms with Crippen LogP contribution in [0.1, 0.15) is 11.3 Å². The highest BCUT2D eigenvalue weighted by atomic mass is 35.5. The van der Waals surface area contributed by atoms with Crippen molar-refractivity contribution in [2.45, 2.75) is 12.8 Å². The van der Waals surface area contributed by atoms with Crippen molar-refractivity contribution in [2.24, 2.45) is 11.7 Å². The highest BCUT2D eigenvalue weighted by molar-refractivity contribution is 7.10. The van der Waals surface area contributed by atoms with Gasteiger partial charge in [0.1, 0.15) is 0 Å². The average Bonchev–Trinajstić information content (AvgIpc) is 2.86. The summed E-state index contributed by atoms with van der Waals surface area (Å²) < 4.78 is 0. The van der Waals surface area contributed by atoms with Crippen LogP contribution < -0.4 is 5.73 Å². The monoisotopic (exact) mass is 260 g/mol. The molecule has 1 amide bonds. The van der Waals surface area contributed by atoms with E-state index in [0.29, 0.717) is 18.9 Å². The molecule has 1 saturated heterocycles. The summed E-state index contributed by atoms with van der Waals surface area (Å²) >= 11 is 1.64. The van der Waals surface area contributed by atoms with Crippen molar-refractivity contribution >= 4 is 29.7 Å². The number of rotatable bonds is 3. The maximum absolute atomic E-state index is 11.9. The zero-order chi connectivity index (χ0) is 10.7. The van der Waals surface area contributed by atoms with Gasteiger partial charge in [-0.15, -0.1) is 23.7 Å². The van der Waals surface area contributed by atoms with Gasteiger partial charge in [0.15, 0.2) is 0 Å². The Kier molecular flexibility index (Phi) is 5.25. The summed E-state index contributed by atoms with van der Waals surface area (Å²) in [7, 11) is 0. The number of carbonyl (C=O) groups is 1. The summed E-state index contributed by atoms with van der Waals surface area (Å²) in [5, 5.41) is 2.01. The molecule has 0 aliphatic carbocycles. The SMILES string of the molecule is Cl.NCC1CCN(C(=O)Cc2cccs2)C1. The van der Waals surface area contributed by atoms with Crippen LogP contribution in [0.2, 0.25) is 0 Å². The second-order valence-corrected chi connectivity index (χ2v) is 5.02. The number of likely N-dealkylation sites (tertiary alicyclic amines) is 1. The lowest BCUT2D eigenvalue weighted by Crippen LogP contribution is -2.30. The van der Waals surface area contributed by atoms with Crippen LogP contribution in [-0.2, 0) is 11.2 Å². The number of hydrogen-bond donors (Lipinski definition) is 1. The molecule has 0 spiro atoms. The number of halogens is 1. The number of carbonyl (C=O) groups excluding carboxylic acids is 1. The largest absolute Gasteiger partial charge is 0.342 e. The first-order valence-corrected chi connectivity index (χ1v) is 6.18. The van der Waals surface area contributed by atoms with E-state index < -0.39 is 0 Å². The topological polar surface area (TPSA) is 46.3 Å². The lowest BCUT2D eigenvalue weighted by atomic mass is 10.1. The van der Waals surface area contributed by atoms with Crippen LogP contribution in [0.15, 0.2) is 17.5 Å². The predicted molar refractivity (Wildman–Crippen MR) is 69.0 cm³/mol. The highest BCUT2D eigenvalue weighted by Gasteiger charge is 2.24. The van der Waals surface area contributed by atoms with Crippen molar-refractivity contribution in [3.8, 4) is 0 Å². The van der Waals surface area contributed by atoms with Crippen LogP contribution in [0.3, 0.4) is 0 Å². The Morgan fingerprint density at radius 1 is 1.62 bits per heavy atom. The van der Waals surface area contributed by atoms with Crippen molar-refractivity contribution < 1.29 is 4.79 Å². The zero-order valence-corrected chi connectivity index (χ0v) is 10.7. The molecule has 1 fully saturated rings. The molecule has 1 atom stereocenters. The summed E-state index contributed by atoms with van der Waals surface area (Å²) in [6.07, 6.45) is 1.61. The fraction of sp³-hybridized carbons (Fsp3) is 0.545. The van der Waals surface area contributed by atoms with Crippen molar-refractivity contribution in [1.82, 2.24) is 4.90 Å². The average molecular weight is 261 g/mol. The van der Waals surface area contributed by atoms with E-state index >= 15 is 0 Å². The number of nitrogens with zero attached hydrogens (tertiary/aromatic N) is 1. The van der Waals surface area contributed by atoms with Gasteiger partial charge in [0, 0.05) is 18.0 Å². The normalized spacial score (nSPS) is 19.6. The molecule has 2 rings (SSSR count). The second-order valence-electron chi connectivity index (χ2n) is 3.99. The maximum atomic E-state index is 11.9. The Hall–Kier alpha value is -0.580. The van der Waals surface area contributed by atoms with Gasteiger partial charge in [-0.3, -0.25) is 4.79 Å². The number of nitrogens with two attached hydrogens (primary N) is 1. The van der Waals surface area contributed by atoms with Crippen LogP contribution in [0, 0.1) is 5.92 Å². The molecule has 0 saturated carbocycles. The minimum Gasteiger partial charge on any atom is -0.342 e. The molecule has 0 aromatic carbocycles. The smallest absolute Gasteiger partial charge is 0.227 e. The third-order valence-electron chi connectivity index (χ3n) is 2.88. The molecule has 2 heterocycles. The summed E-state index contributed by atoms with van der Waals surface area (Å²) in [6, 6.07) is 4.00. The van der Waals surface area contributed by atoms with Gasteiger partial charge in [0.05, 0.1) is 6.42 Å². The molecule has 0 radical (unpaired) electrons. The van der Waals surface area contributed by atoms with Gasteiger partial charge in [0.25, 0.3) is 0 Å². The van der Waals surface area contributed by atoms with Crippen LogP contribution in [0.4, 0.5) is 0 Å². The Morgan fingerprint density at radius 3 is 3.00 bits per heavy atom. The molecule has 5 heteroatoms. The zero-order valence-electron chi connectivity index (χ0n) is 9.09. The van der Waals surface area contributed by atoms with E-state index in [1.54, 1.807) is 11.3 Å². The summed E-state index contributed by atoms with van der Waals surface area (Å²) in [5.41, 5.74) is 5.60. The molecular formula is C11H17ClN2OS. The Balaban J connectivity index is 0.00000128. The molecule has 3 nitrogen and oxygen atoms in total. The minimum absolute atomic E-state index is 0. The van der Waals surface area contributed by atoms with Crippen molar-refractivity contribution in [3.63, 3.8) is 0 Å². The van der Waals surface area contributed by atoms with Gasteiger partial charge in [-0.25, -0.2) is 0 Å². The van der Waals surface area contributed by atoms with E-state index in [4.69, 9.17) is 5.73 Å². The van der Waals surface area contributed by atoms with Crippen molar-refractivity contribution in [3.05, 3.63) is 22.4 Å². The number of hydrogen-bond acceptors (Lipinski definition) is 3. The maximum Gasteiger partial charge on any atom is 0.227 e. The molecule has 2 N–H and O–H groups in total. The van der Waals surface area contributed by atoms with E-state index in [1.165, 1.54) is 0 Å². The highest BCUT2D eigenvalue weighted by Crippen LogP contribution is 2.17. The number of thiophene rings is 1. The Labute approximate surface area is 106 Å². The van der Waals surface area contributed by atoms with Gasteiger partial charge < -0.3 is 10.6 Å². The predicted octanol–water partition coefficient (Wildman–Crippen LogP) is 1.52. The van der Waals surface area contributed by atoms with Crippen LogP contribution >= 0.6 is 23.7 Å². The fourth-order valence-electron chi connectivity index (χ4n) is 1.93. The Morgan fingerprint density at radius 2 is 2.44 bits per heavy atom. The summed E-state index contributed by atoms with van der Waals surface area (Å²) in [6.45, 7) is 2.43. The lowest BCUT2D eigenvalue weighted by Gasteiger charge is -2.15. The van der Waals surface area contributed by atoms with Gasteiger partial charge >= 0.3 is 0 Å². The molecule has 16 heavy (non-hydrogen) atoms. The summed E-state index contributed by atoms with van der Waals surface area (Å²) in [5.74, 6) is 0.755. The van der Waals surface area contributed by atoms with Crippen molar-refractivity contribution in [2.75, 3.05) is 19.6 Å². The summed E-state index contributed by atoms with van der Waals surface area (Å²) in [4.78, 5) is 15.0. The molecule has 1 aliphatic heterocycles. The first kappa shape index (κ1) is 13.5.